The fraction of sp³-hybridized carbons (Fsp3) is 0.235. The normalized spacial score (nSPS) is 11.0. The maximum Gasteiger partial charge on any atom is 0.420 e. The van der Waals surface area contributed by atoms with E-state index in [0.29, 0.717) is 11.8 Å². The number of rotatable bonds is 7. The van der Waals surface area contributed by atoms with Crippen LogP contribution < -0.4 is 14.2 Å². The van der Waals surface area contributed by atoms with Crippen molar-refractivity contribution in [2.75, 3.05) is 20.8 Å². The van der Waals surface area contributed by atoms with Crippen molar-refractivity contribution in [3.05, 3.63) is 57.6 Å². The largest absolute Gasteiger partial charge is 0.493 e. The molecule has 0 amide bonds. The molecule has 0 saturated heterocycles. The van der Waals surface area contributed by atoms with Crippen LogP contribution in [0.2, 0.25) is 0 Å². The predicted molar refractivity (Wildman–Crippen MR) is 87.5 cm³/mol. The first kappa shape index (κ1) is 20.0. The zero-order chi connectivity index (χ0) is 20.2. The second-order valence-electron chi connectivity index (χ2n) is 5.22. The van der Waals surface area contributed by atoms with Crippen molar-refractivity contribution in [1.82, 2.24) is 0 Å². The van der Waals surface area contributed by atoms with Crippen LogP contribution in [0.1, 0.15) is 15.9 Å². The van der Waals surface area contributed by atoms with E-state index in [2.05, 4.69) is 0 Å². The van der Waals surface area contributed by atoms with E-state index in [1.807, 2.05) is 0 Å². The Hall–Kier alpha value is -3.30. The Morgan fingerprint density at radius 2 is 1.67 bits per heavy atom. The van der Waals surface area contributed by atoms with Gasteiger partial charge in [-0.05, 0) is 24.3 Å². The molecule has 27 heavy (non-hydrogen) atoms. The van der Waals surface area contributed by atoms with Gasteiger partial charge in [-0.15, -0.1) is 0 Å². The van der Waals surface area contributed by atoms with Gasteiger partial charge in [-0.25, -0.2) is 0 Å². The lowest BCUT2D eigenvalue weighted by Gasteiger charge is -2.14. The number of alkyl halides is 3. The summed E-state index contributed by atoms with van der Waals surface area (Å²) in [4.78, 5) is 21.9. The van der Waals surface area contributed by atoms with Gasteiger partial charge in [0.25, 0.3) is 5.69 Å². The zero-order valence-corrected chi connectivity index (χ0v) is 14.2. The molecule has 0 aliphatic rings. The van der Waals surface area contributed by atoms with E-state index in [1.165, 1.54) is 32.4 Å². The first-order chi connectivity index (χ1) is 12.7. The van der Waals surface area contributed by atoms with Crippen molar-refractivity contribution < 1.29 is 37.1 Å². The molecule has 2 rings (SSSR count). The molecule has 0 fully saturated rings. The molecule has 0 saturated carbocycles. The summed E-state index contributed by atoms with van der Waals surface area (Å²) in [5.41, 5.74) is -1.93. The van der Waals surface area contributed by atoms with Crippen molar-refractivity contribution >= 4 is 11.5 Å². The zero-order valence-electron chi connectivity index (χ0n) is 14.2. The molecule has 0 heterocycles. The topological polar surface area (TPSA) is 87.9 Å². The number of hydrogen-bond acceptors (Lipinski definition) is 6. The first-order valence-electron chi connectivity index (χ1n) is 7.41. The molecule has 0 N–H and O–H groups in total. The van der Waals surface area contributed by atoms with Crippen LogP contribution in [0.4, 0.5) is 18.9 Å². The summed E-state index contributed by atoms with van der Waals surface area (Å²) in [5.74, 6) is -0.635. The van der Waals surface area contributed by atoms with Gasteiger partial charge in [-0.2, -0.15) is 13.2 Å². The highest BCUT2D eigenvalue weighted by Gasteiger charge is 2.36. The van der Waals surface area contributed by atoms with Crippen LogP contribution in [0, 0.1) is 10.1 Å². The quantitative estimate of drug-likeness (QED) is 0.408. The minimum Gasteiger partial charge on any atom is -0.493 e. The Kier molecular flexibility index (Phi) is 5.88. The summed E-state index contributed by atoms with van der Waals surface area (Å²) in [6.07, 6.45) is -4.88. The van der Waals surface area contributed by atoms with E-state index in [0.717, 1.165) is 12.1 Å². The number of nitro groups is 1. The lowest BCUT2D eigenvalue weighted by molar-refractivity contribution is -0.385. The Morgan fingerprint density at radius 3 is 2.22 bits per heavy atom. The summed E-state index contributed by atoms with van der Waals surface area (Å²) >= 11 is 0. The highest BCUT2D eigenvalue weighted by molar-refractivity contribution is 5.97. The molecule has 0 aromatic heterocycles. The molecule has 0 aliphatic carbocycles. The maximum absolute atomic E-state index is 13.1. The predicted octanol–water partition coefficient (Wildman–Crippen LogP) is 3.89. The van der Waals surface area contributed by atoms with E-state index in [4.69, 9.17) is 14.2 Å². The van der Waals surface area contributed by atoms with E-state index < -0.39 is 40.5 Å². The number of ether oxygens (including phenoxy) is 3. The number of Topliss-reactive ketones (excluding diaryl/α,β-unsaturated/α-hetero) is 1. The summed E-state index contributed by atoms with van der Waals surface area (Å²) < 4.78 is 54.4. The van der Waals surface area contributed by atoms with Crippen LogP contribution in [0.3, 0.4) is 0 Å². The minimum atomic E-state index is -4.88. The molecule has 2 aromatic carbocycles. The second kappa shape index (κ2) is 7.94. The molecule has 0 radical (unpaired) electrons. The van der Waals surface area contributed by atoms with Crippen LogP contribution in [0.5, 0.6) is 17.2 Å². The van der Waals surface area contributed by atoms with Crippen molar-refractivity contribution in [3.63, 3.8) is 0 Å². The van der Waals surface area contributed by atoms with Crippen molar-refractivity contribution in [1.29, 1.82) is 0 Å². The smallest absolute Gasteiger partial charge is 0.420 e. The number of nitro benzene ring substituents is 1. The summed E-state index contributed by atoms with van der Waals surface area (Å²) in [7, 11) is 2.78. The molecule has 144 valence electrons. The van der Waals surface area contributed by atoms with Crippen LogP contribution >= 0.6 is 0 Å². The number of non-ortho nitro benzene ring substituents is 1. The molecule has 0 bridgehead atoms. The van der Waals surface area contributed by atoms with Crippen LogP contribution in [0.15, 0.2) is 36.4 Å². The minimum absolute atomic E-state index is 0.142. The highest BCUT2D eigenvalue weighted by Crippen LogP contribution is 2.38. The van der Waals surface area contributed by atoms with E-state index in [1.54, 1.807) is 0 Å². The van der Waals surface area contributed by atoms with Crippen molar-refractivity contribution in [2.45, 2.75) is 6.18 Å². The van der Waals surface area contributed by atoms with Crippen LogP contribution in [-0.2, 0) is 6.18 Å². The second-order valence-corrected chi connectivity index (χ2v) is 5.22. The third kappa shape index (κ3) is 4.66. The number of hydrogen-bond donors (Lipinski definition) is 0. The van der Waals surface area contributed by atoms with Crippen LogP contribution in [-0.4, -0.2) is 31.5 Å². The molecule has 0 spiro atoms. The Morgan fingerprint density at radius 1 is 1.04 bits per heavy atom. The average Bonchev–Trinajstić information content (AvgIpc) is 2.64. The number of nitrogens with zero attached hydrogens (tertiary/aromatic N) is 1. The lowest BCUT2D eigenvalue weighted by atomic mass is 10.1. The molecule has 7 nitrogen and oxygen atoms in total. The fourth-order valence-corrected chi connectivity index (χ4v) is 2.22. The van der Waals surface area contributed by atoms with Gasteiger partial charge in [0.2, 0.25) is 0 Å². The summed E-state index contributed by atoms with van der Waals surface area (Å²) in [5, 5.41) is 10.7. The van der Waals surface area contributed by atoms with Gasteiger partial charge in [0, 0.05) is 17.7 Å². The number of carbonyl (C=O) groups excluding carboxylic acids is 1. The Balaban J connectivity index is 2.23. The van der Waals surface area contributed by atoms with Gasteiger partial charge in [-0.3, -0.25) is 14.9 Å². The number of carbonyl (C=O) groups is 1. The van der Waals surface area contributed by atoms with Gasteiger partial charge in [-0.1, -0.05) is 0 Å². The molecular formula is C17H14F3NO6. The van der Waals surface area contributed by atoms with E-state index in [-0.39, 0.29) is 11.3 Å². The number of methoxy groups -OCH3 is 2. The number of ketones is 1. The molecule has 0 aliphatic heterocycles. The number of halogens is 3. The molecule has 0 atom stereocenters. The van der Waals surface area contributed by atoms with Crippen molar-refractivity contribution in [3.8, 4) is 17.2 Å². The average molecular weight is 385 g/mol. The van der Waals surface area contributed by atoms with Crippen LogP contribution in [0.25, 0.3) is 0 Å². The van der Waals surface area contributed by atoms with E-state index >= 15 is 0 Å². The van der Waals surface area contributed by atoms with Gasteiger partial charge in [0.15, 0.2) is 23.9 Å². The summed E-state index contributed by atoms with van der Waals surface area (Å²) in [6.45, 7) is -0.698. The highest BCUT2D eigenvalue weighted by atomic mass is 19.4. The van der Waals surface area contributed by atoms with E-state index in [9.17, 15) is 28.1 Å². The van der Waals surface area contributed by atoms with Gasteiger partial charge in [0.05, 0.1) is 19.1 Å². The van der Waals surface area contributed by atoms with Gasteiger partial charge < -0.3 is 14.2 Å². The fourth-order valence-electron chi connectivity index (χ4n) is 2.22. The van der Waals surface area contributed by atoms with Crippen molar-refractivity contribution in [2.24, 2.45) is 0 Å². The third-order valence-corrected chi connectivity index (χ3v) is 3.54. The molecule has 0 unspecified atom stereocenters. The third-order valence-electron chi connectivity index (χ3n) is 3.54. The lowest BCUT2D eigenvalue weighted by Crippen LogP contribution is -2.15. The molecular weight excluding hydrogens is 371 g/mol. The first-order valence-corrected chi connectivity index (χ1v) is 7.41. The Labute approximate surface area is 151 Å². The summed E-state index contributed by atoms with van der Waals surface area (Å²) in [6, 6.07) is 6.28. The van der Waals surface area contributed by atoms with Gasteiger partial charge in [0.1, 0.15) is 11.3 Å². The molecule has 2 aromatic rings. The van der Waals surface area contributed by atoms with Gasteiger partial charge >= 0.3 is 6.18 Å². The SMILES string of the molecule is COc1ccc(C(=O)COc2ccc([N+](=O)[O-])cc2C(F)(F)F)cc1OC. The monoisotopic (exact) mass is 385 g/mol. The maximum atomic E-state index is 13.1. The molecule has 10 heteroatoms. The standard InChI is InChI=1S/C17H14F3NO6/c1-25-15-5-3-10(7-16(15)26-2)13(22)9-27-14-6-4-11(21(23)24)8-12(14)17(18,19)20/h3-8H,9H2,1-2H3. The Bertz CT molecular complexity index is 866. The number of benzene rings is 2.